The van der Waals surface area contributed by atoms with Gasteiger partial charge in [0.25, 0.3) is 0 Å². The van der Waals surface area contributed by atoms with Gasteiger partial charge in [0.15, 0.2) is 5.11 Å². The Kier molecular flexibility index (Phi) is 11.7. The maximum absolute atomic E-state index is 12.8. The van der Waals surface area contributed by atoms with Crippen LogP contribution in [0.1, 0.15) is 64.2 Å². The Morgan fingerprint density at radius 3 is 2.57 bits per heavy atom. The minimum absolute atomic E-state index is 0.148. The second kappa shape index (κ2) is 14.1. The zero-order valence-corrected chi connectivity index (χ0v) is 18.0. The first-order valence-corrected chi connectivity index (χ1v) is 11.4. The molecular formula is C20H38N4O3S. The monoisotopic (exact) mass is 414 g/mol. The van der Waals surface area contributed by atoms with E-state index in [4.69, 9.17) is 27.5 Å². The maximum atomic E-state index is 12.8. The van der Waals surface area contributed by atoms with Gasteiger partial charge < -0.3 is 15.8 Å². The molecule has 0 spiro atoms. The van der Waals surface area contributed by atoms with E-state index < -0.39 is 0 Å². The van der Waals surface area contributed by atoms with E-state index in [-0.39, 0.29) is 11.9 Å². The van der Waals surface area contributed by atoms with Crippen LogP contribution in [0.25, 0.3) is 0 Å². The van der Waals surface area contributed by atoms with Crippen molar-refractivity contribution in [3.63, 3.8) is 0 Å². The molecule has 2 rings (SSSR count). The highest BCUT2D eigenvalue weighted by atomic mass is 32.1. The van der Waals surface area contributed by atoms with E-state index in [0.29, 0.717) is 18.1 Å². The molecule has 3 N–H and O–H groups in total. The topological polar surface area (TPSA) is 80.1 Å². The average Bonchev–Trinajstić information content (AvgIpc) is 2.71. The summed E-state index contributed by atoms with van der Waals surface area (Å²) in [6, 6.07) is 0.251. The summed E-state index contributed by atoms with van der Waals surface area (Å²) in [6.07, 6.45) is 10.4. The van der Waals surface area contributed by atoms with Crippen LogP contribution < -0.4 is 11.1 Å². The van der Waals surface area contributed by atoms with Crippen molar-refractivity contribution < 1.29 is 14.4 Å². The molecule has 1 aliphatic carbocycles. The molecule has 0 aromatic rings. The molecule has 0 radical (unpaired) electrons. The third-order valence-electron chi connectivity index (χ3n) is 5.51. The number of nitrogens with zero attached hydrogens (tertiary/aromatic N) is 2. The first-order valence-electron chi connectivity index (χ1n) is 10.9. The van der Waals surface area contributed by atoms with Gasteiger partial charge in [-0.3, -0.25) is 14.5 Å². The Hall–Kier alpha value is -0.960. The number of thiocarbonyl (C=S) groups is 1. The van der Waals surface area contributed by atoms with Crippen molar-refractivity contribution in [2.75, 3.05) is 46.0 Å². The smallest absolute Gasteiger partial charge is 0.246 e. The number of ether oxygens (including phenoxy) is 1. The van der Waals surface area contributed by atoms with Crippen molar-refractivity contribution in [2.24, 2.45) is 5.73 Å². The maximum Gasteiger partial charge on any atom is 0.246 e. The molecule has 1 heterocycles. The van der Waals surface area contributed by atoms with E-state index in [1.807, 2.05) is 0 Å². The lowest BCUT2D eigenvalue weighted by Gasteiger charge is -2.34. The Labute approximate surface area is 175 Å². The number of rotatable bonds is 12. The highest BCUT2D eigenvalue weighted by Crippen LogP contribution is 2.24. The highest BCUT2D eigenvalue weighted by Gasteiger charge is 2.26. The molecule has 1 aliphatic heterocycles. The Morgan fingerprint density at radius 1 is 1.14 bits per heavy atom. The standard InChI is InChI=1S/C20H38N4O3S/c21-20(28)22-11-7-2-1-6-10-19(25)24(18-8-4-3-5-9-18)27-17-14-23-12-15-26-16-13-23/h18H,1-17H2,(H3,21,22,28). The van der Waals surface area contributed by atoms with Crippen LogP contribution in [-0.4, -0.2) is 73.0 Å². The van der Waals surface area contributed by atoms with Gasteiger partial charge in [-0.05, 0) is 37.9 Å². The van der Waals surface area contributed by atoms with Crippen LogP contribution in [0, 0.1) is 0 Å². The van der Waals surface area contributed by atoms with Gasteiger partial charge in [-0.15, -0.1) is 0 Å². The fraction of sp³-hybridized carbons (Fsp3) is 0.900. The van der Waals surface area contributed by atoms with Crippen LogP contribution in [0.5, 0.6) is 0 Å². The average molecular weight is 415 g/mol. The van der Waals surface area contributed by atoms with Crippen LogP contribution in [0.15, 0.2) is 0 Å². The summed E-state index contributed by atoms with van der Waals surface area (Å²) < 4.78 is 5.39. The van der Waals surface area contributed by atoms with Crippen LogP contribution in [0.4, 0.5) is 0 Å². The number of hydrogen-bond donors (Lipinski definition) is 2. The van der Waals surface area contributed by atoms with Crippen molar-refractivity contribution in [1.82, 2.24) is 15.3 Å². The summed E-state index contributed by atoms with van der Waals surface area (Å²) in [5.74, 6) is 0.148. The molecule has 2 aliphatic rings. The van der Waals surface area contributed by atoms with E-state index in [9.17, 15) is 4.79 Å². The third-order valence-corrected chi connectivity index (χ3v) is 5.65. The van der Waals surface area contributed by atoms with Crippen LogP contribution >= 0.6 is 12.2 Å². The molecular weight excluding hydrogens is 376 g/mol. The lowest BCUT2D eigenvalue weighted by Crippen LogP contribution is -2.44. The normalized spacial score (nSPS) is 18.7. The lowest BCUT2D eigenvalue weighted by molar-refractivity contribution is -0.205. The molecule has 162 valence electrons. The van der Waals surface area contributed by atoms with Gasteiger partial charge in [0.2, 0.25) is 5.91 Å². The van der Waals surface area contributed by atoms with Crippen molar-refractivity contribution in [3.8, 4) is 0 Å². The predicted octanol–water partition coefficient (Wildman–Crippen LogP) is 2.20. The van der Waals surface area contributed by atoms with Crippen molar-refractivity contribution in [2.45, 2.75) is 70.3 Å². The fourth-order valence-electron chi connectivity index (χ4n) is 3.87. The van der Waals surface area contributed by atoms with Gasteiger partial charge in [-0.1, -0.05) is 32.1 Å². The minimum atomic E-state index is 0.148. The van der Waals surface area contributed by atoms with Crippen molar-refractivity contribution >= 4 is 23.2 Å². The number of nitrogens with one attached hydrogen (secondary N) is 1. The molecule has 0 aromatic heterocycles. The number of carbonyl (C=O) groups excluding carboxylic acids is 1. The van der Waals surface area contributed by atoms with E-state index >= 15 is 0 Å². The first kappa shape index (κ1) is 23.3. The van der Waals surface area contributed by atoms with E-state index in [1.165, 1.54) is 19.3 Å². The number of carbonyl (C=O) groups is 1. The van der Waals surface area contributed by atoms with Gasteiger partial charge in [0.05, 0.1) is 25.9 Å². The summed E-state index contributed by atoms with van der Waals surface area (Å²) in [6.45, 7) is 5.72. The molecule has 2 fully saturated rings. The molecule has 28 heavy (non-hydrogen) atoms. The molecule has 7 nitrogen and oxygen atoms in total. The SMILES string of the molecule is NC(=S)NCCCCCCC(=O)N(OCCN1CCOCC1)C1CCCCC1. The number of nitrogens with two attached hydrogens (primary N) is 1. The largest absolute Gasteiger partial charge is 0.379 e. The molecule has 0 bridgehead atoms. The summed E-state index contributed by atoms with van der Waals surface area (Å²) in [5.41, 5.74) is 5.41. The number of unbranched alkanes of at least 4 members (excludes halogenated alkanes) is 3. The van der Waals surface area contributed by atoms with E-state index in [0.717, 1.165) is 77.9 Å². The number of hydroxylamine groups is 2. The summed E-state index contributed by atoms with van der Waals surface area (Å²) in [7, 11) is 0. The zero-order chi connectivity index (χ0) is 20.0. The second-order valence-corrected chi connectivity index (χ2v) is 8.19. The lowest BCUT2D eigenvalue weighted by atomic mass is 9.95. The van der Waals surface area contributed by atoms with Crippen LogP contribution in [0.2, 0.25) is 0 Å². The summed E-state index contributed by atoms with van der Waals surface area (Å²) in [4.78, 5) is 21.2. The van der Waals surface area contributed by atoms with Crippen molar-refractivity contribution in [3.05, 3.63) is 0 Å². The van der Waals surface area contributed by atoms with Gasteiger partial charge in [0.1, 0.15) is 0 Å². The predicted molar refractivity (Wildman–Crippen MR) is 115 cm³/mol. The Bertz CT molecular complexity index is 455. The molecule has 0 aromatic carbocycles. The van der Waals surface area contributed by atoms with Gasteiger partial charge in [0, 0.05) is 32.6 Å². The molecule has 0 atom stereocenters. The third kappa shape index (κ3) is 9.49. The highest BCUT2D eigenvalue weighted by molar-refractivity contribution is 7.80. The van der Waals surface area contributed by atoms with E-state index in [1.54, 1.807) is 5.06 Å². The second-order valence-electron chi connectivity index (χ2n) is 7.75. The zero-order valence-electron chi connectivity index (χ0n) is 17.2. The Morgan fingerprint density at radius 2 is 1.86 bits per heavy atom. The van der Waals surface area contributed by atoms with Gasteiger partial charge >= 0.3 is 0 Å². The number of morpholine rings is 1. The molecule has 8 heteroatoms. The van der Waals surface area contributed by atoms with Crippen LogP contribution in [0.3, 0.4) is 0 Å². The van der Waals surface area contributed by atoms with Gasteiger partial charge in [-0.25, -0.2) is 5.06 Å². The fourth-order valence-corrected chi connectivity index (χ4v) is 3.97. The van der Waals surface area contributed by atoms with E-state index in [2.05, 4.69) is 10.2 Å². The molecule has 1 amide bonds. The van der Waals surface area contributed by atoms with Crippen molar-refractivity contribution in [1.29, 1.82) is 0 Å². The first-order chi connectivity index (χ1) is 13.7. The van der Waals surface area contributed by atoms with Crippen LogP contribution in [-0.2, 0) is 14.4 Å². The quantitative estimate of drug-likeness (QED) is 0.288. The minimum Gasteiger partial charge on any atom is -0.379 e. The summed E-state index contributed by atoms with van der Waals surface area (Å²) in [5, 5.41) is 5.04. The Balaban J connectivity index is 1.68. The number of amides is 1. The summed E-state index contributed by atoms with van der Waals surface area (Å²) >= 11 is 4.79. The molecule has 1 saturated heterocycles. The molecule has 1 saturated carbocycles. The number of hydrogen-bond acceptors (Lipinski definition) is 5. The molecule has 0 unspecified atom stereocenters. The van der Waals surface area contributed by atoms with Gasteiger partial charge in [-0.2, -0.15) is 0 Å².